The smallest absolute Gasteiger partial charge is 0.224 e. The Labute approximate surface area is 146 Å². The van der Waals surface area contributed by atoms with E-state index in [0.29, 0.717) is 42.8 Å². The lowest BCUT2D eigenvalue weighted by Gasteiger charge is -2.28. The molecule has 1 saturated heterocycles. The van der Waals surface area contributed by atoms with Crippen molar-refractivity contribution in [2.45, 2.75) is 25.4 Å². The number of nitrogens with one attached hydrogen (secondary N) is 2. The summed E-state index contributed by atoms with van der Waals surface area (Å²) in [6.45, 7) is 3.05. The Morgan fingerprint density at radius 1 is 1.38 bits per heavy atom. The summed E-state index contributed by atoms with van der Waals surface area (Å²) in [5.41, 5.74) is 0.725. The van der Waals surface area contributed by atoms with Crippen molar-refractivity contribution >= 4 is 17.5 Å². The lowest BCUT2D eigenvalue weighted by molar-refractivity contribution is -0.120. The van der Waals surface area contributed by atoms with Crippen molar-refractivity contribution in [3.8, 4) is 11.5 Å². The molecule has 3 N–H and O–H groups in total. The number of carbonyl (C=O) groups is 1. The summed E-state index contributed by atoms with van der Waals surface area (Å²) in [5, 5.41) is 16.5. The summed E-state index contributed by atoms with van der Waals surface area (Å²) >= 11 is 6.13. The van der Waals surface area contributed by atoms with E-state index in [-0.39, 0.29) is 18.2 Å². The highest BCUT2D eigenvalue weighted by Gasteiger charge is 2.24. The average molecular weight is 355 g/mol. The Hall–Kier alpha value is -1.50. The van der Waals surface area contributed by atoms with Crippen LogP contribution in [0.3, 0.4) is 0 Å². The molecule has 3 rings (SSSR count). The van der Waals surface area contributed by atoms with Gasteiger partial charge in [0.1, 0.15) is 0 Å². The summed E-state index contributed by atoms with van der Waals surface area (Å²) < 4.78 is 11.4. The van der Waals surface area contributed by atoms with Crippen LogP contribution in [0.25, 0.3) is 0 Å². The molecule has 0 radical (unpaired) electrons. The second-order valence-electron chi connectivity index (χ2n) is 6.24. The van der Waals surface area contributed by atoms with Crippen LogP contribution in [-0.2, 0) is 11.2 Å². The Bertz CT molecular complexity index is 596. The number of hydrogen-bond donors (Lipinski definition) is 3. The number of benzene rings is 1. The number of aliphatic hydroxyl groups excluding tert-OH is 1. The van der Waals surface area contributed by atoms with Crippen LogP contribution < -0.4 is 20.1 Å². The van der Waals surface area contributed by atoms with Gasteiger partial charge in [-0.05, 0) is 19.0 Å². The van der Waals surface area contributed by atoms with Gasteiger partial charge in [-0.15, -0.1) is 0 Å². The highest BCUT2D eigenvalue weighted by Crippen LogP contribution is 2.36. The standard InChI is InChI=1S/C17H23ClN2O4/c18-13-6-12(17-15(8-13)23-4-1-5-24-17)7-16(22)20-9-11-2-3-19-10-14(11)21/h6,8,11,14,19,21H,1-5,7,9-10H2,(H,20,22)/t11-,14+/m0/s1. The first-order valence-electron chi connectivity index (χ1n) is 8.37. The van der Waals surface area contributed by atoms with E-state index in [1.807, 2.05) is 0 Å². The van der Waals surface area contributed by atoms with Crippen LogP contribution in [0.15, 0.2) is 12.1 Å². The van der Waals surface area contributed by atoms with Gasteiger partial charge in [0, 0.05) is 42.1 Å². The number of carbonyl (C=O) groups excluding carboxylic acids is 1. The van der Waals surface area contributed by atoms with Crippen molar-refractivity contribution in [2.75, 3.05) is 32.8 Å². The molecule has 1 fully saturated rings. The third-order valence-electron chi connectivity index (χ3n) is 4.39. The second kappa shape index (κ2) is 8.05. The maximum absolute atomic E-state index is 12.3. The van der Waals surface area contributed by atoms with E-state index in [0.717, 1.165) is 24.9 Å². The first-order chi connectivity index (χ1) is 11.6. The van der Waals surface area contributed by atoms with Gasteiger partial charge in [-0.2, -0.15) is 0 Å². The molecule has 2 heterocycles. The monoisotopic (exact) mass is 354 g/mol. The Morgan fingerprint density at radius 2 is 2.21 bits per heavy atom. The van der Waals surface area contributed by atoms with Gasteiger partial charge >= 0.3 is 0 Å². The number of hydrogen-bond acceptors (Lipinski definition) is 5. The fourth-order valence-corrected chi connectivity index (χ4v) is 3.29. The predicted octanol–water partition coefficient (Wildman–Crippen LogP) is 1.13. The SMILES string of the molecule is O=C(Cc1cc(Cl)cc2c1OCCCO2)NC[C@@H]1CCNC[C@H]1O. The van der Waals surface area contributed by atoms with E-state index in [2.05, 4.69) is 10.6 Å². The third-order valence-corrected chi connectivity index (χ3v) is 4.61. The van der Waals surface area contributed by atoms with Gasteiger partial charge < -0.3 is 25.2 Å². The molecular weight excluding hydrogens is 332 g/mol. The minimum Gasteiger partial charge on any atom is -0.489 e. The molecule has 1 aromatic rings. The Morgan fingerprint density at radius 3 is 3.04 bits per heavy atom. The van der Waals surface area contributed by atoms with Crippen LogP contribution >= 0.6 is 11.6 Å². The Balaban J connectivity index is 1.62. The summed E-state index contributed by atoms with van der Waals surface area (Å²) in [6, 6.07) is 3.46. The van der Waals surface area contributed by atoms with Gasteiger partial charge in [0.25, 0.3) is 0 Å². The molecule has 132 valence electrons. The Kier molecular flexibility index (Phi) is 5.81. The topological polar surface area (TPSA) is 79.8 Å². The van der Waals surface area contributed by atoms with Crippen molar-refractivity contribution in [3.63, 3.8) is 0 Å². The zero-order chi connectivity index (χ0) is 16.9. The van der Waals surface area contributed by atoms with Crippen LogP contribution in [0.5, 0.6) is 11.5 Å². The molecule has 2 atom stereocenters. The van der Waals surface area contributed by atoms with Crippen LogP contribution in [0.1, 0.15) is 18.4 Å². The third kappa shape index (κ3) is 4.32. The van der Waals surface area contributed by atoms with Crippen LogP contribution in [0, 0.1) is 5.92 Å². The van der Waals surface area contributed by atoms with Crippen LogP contribution in [0.2, 0.25) is 5.02 Å². The van der Waals surface area contributed by atoms with Gasteiger partial charge in [-0.1, -0.05) is 11.6 Å². The van der Waals surface area contributed by atoms with Crippen molar-refractivity contribution in [1.82, 2.24) is 10.6 Å². The molecule has 0 bridgehead atoms. The highest BCUT2D eigenvalue weighted by molar-refractivity contribution is 6.30. The average Bonchev–Trinajstić information content (AvgIpc) is 2.79. The number of β-amino-alcohol motifs (C(OH)–C–C–N with tert-alkyl or cyclic N) is 1. The zero-order valence-corrected chi connectivity index (χ0v) is 14.3. The fourth-order valence-electron chi connectivity index (χ4n) is 3.06. The lowest BCUT2D eigenvalue weighted by atomic mass is 9.95. The lowest BCUT2D eigenvalue weighted by Crippen LogP contribution is -2.45. The fraction of sp³-hybridized carbons (Fsp3) is 0.588. The molecule has 6 nitrogen and oxygen atoms in total. The highest BCUT2D eigenvalue weighted by atomic mass is 35.5. The number of halogens is 1. The molecule has 0 aromatic heterocycles. The number of aliphatic hydroxyl groups is 1. The summed E-state index contributed by atoms with van der Waals surface area (Å²) in [7, 11) is 0. The van der Waals surface area contributed by atoms with Crippen LogP contribution in [0.4, 0.5) is 0 Å². The van der Waals surface area contributed by atoms with Gasteiger partial charge in [0.15, 0.2) is 11.5 Å². The number of fused-ring (bicyclic) bond motifs is 1. The van der Waals surface area contributed by atoms with Crippen molar-refractivity contribution in [3.05, 3.63) is 22.7 Å². The number of rotatable bonds is 4. The van der Waals surface area contributed by atoms with Crippen molar-refractivity contribution < 1.29 is 19.4 Å². The minimum absolute atomic E-state index is 0.0891. The summed E-state index contributed by atoms with van der Waals surface area (Å²) in [5.74, 6) is 1.18. The van der Waals surface area contributed by atoms with Crippen molar-refractivity contribution in [1.29, 1.82) is 0 Å². The maximum atomic E-state index is 12.3. The first kappa shape index (κ1) is 17.3. The van der Waals surface area contributed by atoms with E-state index in [1.165, 1.54) is 0 Å². The largest absolute Gasteiger partial charge is 0.489 e. The molecule has 0 saturated carbocycles. The maximum Gasteiger partial charge on any atom is 0.224 e. The zero-order valence-electron chi connectivity index (χ0n) is 13.5. The minimum atomic E-state index is -0.418. The predicted molar refractivity (Wildman–Crippen MR) is 90.8 cm³/mol. The van der Waals surface area contributed by atoms with E-state index in [9.17, 15) is 9.90 Å². The molecule has 1 aromatic carbocycles. The summed E-state index contributed by atoms with van der Waals surface area (Å²) in [6.07, 6.45) is 1.40. The molecule has 7 heteroatoms. The molecular formula is C17H23ClN2O4. The summed E-state index contributed by atoms with van der Waals surface area (Å²) in [4.78, 5) is 12.3. The molecule has 0 unspecified atom stereocenters. The molecule has 1 amide bonds. The number of piperidine rings is 1. The molecule has 0 aliphatic carbocycles. The molecule has 0 spiro atoms. The normalized spacial score (nSPS) is 23.4. The molecule has 2 aliphatic rings. The van der Waals surface area contributed by atoms with Gasteiger partial charge in [0.05, 0.1) is 25.7 Å². The van der Waals surface area contributed by atoms with Gasteiger partial charge in [-0.3, -0.25) is 4.79 Å². The molecule has 2 aliphatic heterocycles. The van der Waals surface area contributed by atoms with E-state index < -0.39 is 6.10 Å². The van der Waals surface area contributed by atoms with E-state index in [4.69, 9.17) is 21.1 Å². The second-order valence-corrected chi connectivity index (χ2v) is 6.68. The quantitative estimate of drug-likeness (QED) is 0.755. The number of ether oxygens (including phenoxy) is 2. The van der Waals surface area contributed by atoms with E-state index in [1.54, 1.807) is 12.1 Å². The number of amides is 1. The van der Waals surface area contributed by atoms with Crippen LogP contribution in [-0.4, -0.2) is 50.0 Å². The van der Waals surface area contributed by atoms with Gasteiger partial charge in [-0.25, -0.2) is 0 Å². The van der Waals surface area contributed by atoms with E-state index >= 15 is 0 Å². The first-order valence-corrected chi connectivity index (χ1v) is 8.75. The van der Waals surface area contributed by atoms with Crippen molar-refractivity contribution in [2.24, 2.45) is 5.92 Å². The molecule has 24 heavy (non-hydrogen) atoms. The van der Waals surface area contributed by atoms with Gasteiger partial charge in [0.2, 0.25) is 5.91 Å².